The van der Waals surface area contributed by atoms with E-state index in [0.29, 0.717) is 17.5 Å². The summed E-state index contributed by atoms with van der Waals surface area (Å²) in [6.45, 7) is 4.52. The summed E-state index contributed by atoms with van der Waals surface area (Å²) >= 11 is 1.48. The maximum absolute atomic E-state index is 13.2. The molecule has 2 heterocycles. The Balaban J connectivity index is 1.77. The topological polar surface area (TPSA) is 78.0 Å². The van der Waals surface area contributed by atoms with Crippen molar-refractivity contribution in [3.8, 4) is 11.1 Å². The number of amides is 1. The van der Waals surface area contributed by atoms with Gasteiger partial charge in [-0.3, -0.25) is 14.2 Å². The Hall–Kier alpha value is -3.25. The predicted octanol–water partition coefficient (Wildman–Crippen LogP) is 3.89. The van der Waals surface area contributed by atoms with E-state index in [1.165, 1.54) is 22.5 Å². The van der Waals surface area contributed by atoms with Crippen LogP contribution < -0.4 is 11.3 Å². The number of carbonyl (C=O) groups is 1. The second-order valence-electron chi connectivity index (χ2n) is 6.87. The molecule has 0 bridgehead atoms. The molecule has 140 valence electrons. The zero-order valence-corrected chi connectivity index (χ0v) is 16.4. The van der Waals surface area contributed by atoms with E-state index in [0.717, 1.165) is 21.5 Å². The van der Waals surface area contributed by atoms with Crippen LogP contribution in [0.2, 0.25) is 0 Å². The summed E-state index contributed by atoms with van der Waals surface area (Å²) in [5.74, 6) is -0.469. The number of aromatic nitrogens is 2. The Labute approximate surface area is 166 Å². The lowest BCUT2D eigenvalue weighted by atomic mass is 10.0. The highest BCUT2D eigenvalue weighted by atomic mass is 32.1. The van der Waals surface area contributed by atoms with Gasteiger partial charge in [-0.2, -0.15) is 0 Å². The molecule has 0 atom stereocenters. The summed E-state index contributed by atoms with van der Waals surface area (Å²) in [5, 5.41) is 2.64. The van der Waals surface area contributed by atoms with Crippen molar-refractivity contribution < 1.29 is 4.79 Å². The third-order valence-electron chi connectivity index (χ3n) is 4.97. The van der Waals surface area contributed by atoms with Gasteiger partial charge in [0, 0.05) is 16.5 Å². The molecule has 0 saturated carbocycles. The first-order chi connectivity index (χ1) is 13.4. The molecule has 0 unspecified atom stereocenters. The third kappa shape index (κ3) is 3.23. The standard InChI is InChI=1S/C22H19N3O2S/c1-13-3-6-17(9-14(13)2)18-11-28-21-19(18)22(27)25(12-24-21)10-15-4-7-16(8-5-15)20(23)26/h3-9,11-12H,10H2,1-2H3,(H2,23,26). The van der Waals surface area contributed by atoms with Gasteiger partial charge >= 0.3 is 0 Å². The normalized spacial score (nSPS) is 11.1. The Morgan fingerprint density at radius 1 is 1.11 bits per heavy atom. The van der Waals surface area contributed by atoms with E-state index in [4.69, 9.17) is 5.73 Å². The lowest BCUT2D eigenvalue weighted by molar-refractivity contribution is 0.100. The number of nitrogens with two attached hydrogens (primary N) is 1. The molecular formula is C22H19N3O2S. The molecule has 0 aliphatic rings. The first-order valence-corrected chi connectivity index (χ1v) is 9.75. The van der Waals surface area contributed by atoms with Crippen LogP contribution in [0.5, 0.6) is 0 Å². The first kappa shape index (κ1) is 18.1. The summed E-state index contributed by atoms with van der Waals surface area (Å²) in [4.78, 5) is 29.6. The number of rotatable bonds is 4. The minimum Gasteiger partial charge on any atom is -0.366 e. The van der Waals surface area contributed by atoms with Crippen molar-refractivity contribution in [1.82, 2.24) is 9.55 Å². The van der Waals surface area contributed by atoms with E-state index >= 15 is 0 Å². The Bertz CT molecular complexity index is 1250. The summed E-state index contributed by atoms with van der Waals surface area (Å²) < 4.78 is 1.60. The second kappa shape index (κ2) is 7.05. The summed E-state index contributed by atoms with van der Waals surface area (Å²) in [5.41, 5.74) is 10.9. The number of hydrogen-bond donors (Lipinski definition) is 1. The summed E-state index contributed by atoms with van der Waals surface area (Å²) in [6.07, 6.45) is 1.58. The van der Waals surface area contributed by atoms with Crippen LogP contribution in [0.3, 0.4) is 0 Å². The number of aryl methyl sites for hydroxylation is 2. The highest BCUT2D eigenvalue weighted by molar-refractivity contribution is 7.17. The molecule has 0 spiro atoms. The number of nitrogens with zero attached hydrogens (tertiary/aromatic N) is 2. The van der Waals surface area contributed by atoms with Crippen molar-refractivity contribution in [2.24, 2.45) is 5.73 Å². The van der Waals surface area contributed by atoms with E-state index in [1.54, 1.807) is 35.2 Å². The minimum absolute atomic E-state index is 0.0709. The largest absolute Gasteiger partial charge is 0.366 e. The average molecular weight is 389 g/mol. The molecule has 2 aromatic heterocycles. The van der Waals surface area contributed by atoms with Crippen molar-refractivity contribution in [3.63, 3.8) is 0 Å². The van der Waals surface area contributed by atoms with Gasteiger partial charge in [0.05, 0.1) is 18.3 Å². The van der Waals surface area contributed by atoms with Gasteiger partial charge in [0.1, 0.15) is 4.83 Å². The van der Waals surface area contributed by atoms with Gasteiger partial charge < -0.3 is 5.73 Å². The van der Waals surface area contributed by atoms with Gasteiger partial charge in [0.15, 0.2) is 0 Å². The fourth-order valence-corrected chi connectivity index (χ4v) is 4.08. The van der Waals surface area contributed by atoms with Gasteiger partial charge in [0.2, 0.25) is 5.91 Å². The Morgan fingerprint density at radius 3 is 2.54 bits per heavy atom. The Kier molecular flexibility index (Phi) is 4.57. The molecule has 4 aromatic rings. The number of primary amides is 1. The predicted molar refractivity (Wildman–Crippen MR) is 113 cm³/mol. The zero-order valence-electron chi connectivity index (χ0n) is 15.6. The van der Waals surface area contributed by atoms with Gasteiger partial charge in [-0.15, -0.1) is 11.3 Å². The van der Waals surface area contributed by atoms with E-state index in [9.17, 15) is 9.59 Å². The van der Waals surface area contributed by atoms with Gasteiger partial charge in [0.25, 0.3) is 5.56 Å². The van der Waals surface area contributed by atoms with Crippen molar-refractivity contribution in [3.05, 3.63) is 86.8 Å². The quantitative estimate of drug-likeness (QED) is 0.575. The molecule has 2 N–H and O–H groups in total. The lowest BCUT2D eigenvalue weighted by Crippen LogP contribution is -2.21. The lowest BCUT2D eigenvalue weighted by Gasteiger charge is -2.08. The molecule has 0 saturated heterocycles. The molecule has 0 fully saturated rings. The SMILES string of the molecule is Cc1ccc(-c2csc3ncn(Cc4ccc(C(N)=O)cc4)c(=O)c23)cc1C. The van der Waals surface area contributed by atoms with Gasteiger partial charge in [-0.05, 0) is 48.2 Å². The third-order valence-corrected chi connectivity index (χ3v) is 5.86. The van der Waals surface area contributed by atoms with Crippen LogP contribution in [-0.4, -0.2) is 15.5 Å². The maximum atomic E-state index is 13.2. The number of hydrogen-bond acceptors (Lipinski definition) is 4. The number of carbonyl (C=O) groups excluding carboxylic acids is 1. The van der Waals surface area contributed by atoms with E-state index in [1.807, 2.05) is 11.4 Å². The molecule has 0 aliphatic heterocycles. The smallest absolute Gasteiger partial charge is 0.263 e. The Morgan fingerprint density at radius 2 is 1.86 bits per heavy atom. The fraction of sp³-hybridized carbons (Fsp3) is 0.136. The van der Waals surface area contributed by atoms with E-state index in [-0.39, 0.29) is 5.56 Å². The van der Waals surface area contributed by atoms with Crippen LogP contribution in [0.1, 0.15) is 27.0 Å². The van der Waals surface area contributed by atoms with Crippen LogP contribution in [0.15, 0.2) is 59.0 Å². The van der Waals surface area contributed by atoms with Crippen molar-refractivity contribution in [2.75, 3.05) is 0 Å². The summed E-state index contributed by atoms with van der Waals surface area (Å²) in [7, 11) is 0. The highest BCUT2D eigenvalue weighted by Crippen LogP contribution is 2.31. The van der Waals surface area contributed by atoms with Crippen LogP contribution in [-0.2, 0) is 6.54 Å². The summed E-state index contributed by atoms with van der Waals surface area (Å²) in [6, 6.07) is 13.2. The fourth-order valence-electron chi connectivity index (χ4n) is 3.17. The van der Waals surface area contributed by atoms with Crippen molar-refractivity contribution >= 4 is 27.5 Å². The van der Waals surface area contributed by atoms with Gasteiger partial charge in [-0.25, -0.2) is 4.98 Å². The molecule has 6 heteroatoms. The minimum atomic E-state index is -0.469. The zero-order chi connectivity index (χ0) is 19.8. The second-order valence-corrected chi connectivity index (χ2v) is 7.73. The monoisotopic (exact) mass is 389 g/mol. The molecule has 1 amide bonds. The number of benzene rings is 2. The molecule has 2 aromatic carbocycles. The molecule has 4 rings (SSSR count). The molecule has 0 aliphatic carbocycles. The van der Waals surface area contributed by atoms with E-state index < -0.39 is 5.91 Å². The van der Waals surface area contributed by atoms with Crippen molar-refractivity contribution in [1.29, 1.82) is 0 Å². The number of fused-ring (bicyclic) bond motifs is 1. The number of thiophene rings is 1. The van der Waals surface area contributed by atoms with Crippen LogP contribution in [0.4, 0.5) is 0 Å². The molecule has 28 heavy (non-hydrogen) atoms. The highest BCUT2D eigenvalue weighted by Gasteiger charge is 2.14. The van der Waals surface area contributed by atoms with Crippen LogP contribution in [0, 0.1) is 13.8 Å². The van der Waals surface area contributed by atoms with Crippen LogP contribution >= 0.6 is 11.3 Å². The molecule has 5 nitrogen and oxygen atoms in total. The average Bonchev–Trinajstić information content (AvgIpc) is 3.11. The molecule has 0 radical (unpaired) electrons. The van der Waals surface area contributed by atoms with Gasteiger partial charge in [-0.1, -0.05) is 30.3 Å². The van der Waals surface area contributed by atoms with E-state index in [2.05, 4.69) is 31.0 Å². The molecular weight excluding hydrogens is 370 g/mol. The van der Waals surface area contributed by atoms with Crippen LogP contribution in [0.25, 0.3) is 21.3 Å². The van der Waals surface area contributed by atoms with Crippen molar-refractivity contribution in [2.45, 2.75) is 20.4 Å². The first-order valence-electron chi connectivity index (χ1n) is 8.87. The maximum Gasteiger partial charge on any atom is 0.263 e.